The Bertz CT molecular complexity index is 381. The van der Waals surface area contributed by atoms with E-state index < -0.39 is 0 Å². The maximum Gasteiger partial charge on any atom is 0.410 e. The lowest BCUT2D eigenvalue weighted by atomic mass is 10.1. The van der Waals surface area contributed by atoms with Crippen molar-refractivity contribution in [2.75, 3.05) is 13.6 Å². The van der Waals surface area contributed by atoms with Gasteiger partial charge in [-0.15, -0.1) is 0 Å². The number of halogens is 1. The van der Waals surface area contributed by atoms with E-state index in [1.807, 2.05) is 24.3 Å². The van der Waals surface area contributed by atoms with E-state index in [9.17, 15) is 4.79 Å². The quantitative estimate of drug-likeness (QED) is 0.785. The average Bonchev–Trinajstić information content (AvgIpc) is 2.22. The molecule has 1 aliphatic rings. The first-order chi connectivity index (χ1) is 7.16. The molecule has 0 bridgehead atoms. The van der Waals surface area contributed by atoms with Gasteiger partial charge in [-0.1, -0.05) is 28.1 Å². The summed E-state index contributed by atoms with van der Waals surface area (Å²) >= 11 is 3.40. The Balaban J connectivity index is 2.15. The number of hydrogen-bond donors (Lipinski definition) is 0. The molecular formula is C11H12BrNO2. The van der Waals surface area contributed by atoms with Crippen molar-refractivity contribution in [2.45, 2.75) is 12.5 Å². The van der Waals surface area contributed by atoms with E-state index in [2.05, 4.69) is 15.9 Å². The van der Waals surface area contributed by atoms with Crippen molar-refractivity contribution in [1.82, 2.24) is 4.90 Å². The van der Waals surface area contributed by atoms with Crippen molar-refractivity contribution >= 4 is 22.0 Å². The summed E-state index contributed by atoms with van der Waals surface area (Å²) in [7, 11) is 1.75. The molecule has 0 N–H and O–H groups in total. The highest BCUT2D eigenvalue weighted by atomic mass is 79.9. The summed E-state index contributed by atoms with van der Waals surface area (Å²) in [5, 5.41) is 0. The molecule has 0 radical (unpaired) electrons. The second-order valence-electron chi connectivity index (χ2n) is 3.64. The standard InChI is InChI=1S/C11H12BrNO2/c1-13-6-5-10(15-11(13)14)8-3-2-4-9(12)7-8/h2-4,7,10H,5-6H2,1H3. The second-order valence-corrected chi connectivity index (χ2v) is 4.55. The monoisotopic (exact) mass is 269 g/mol. The number of hydrogen-bond acceptors (Lipinski definition) is 2. The third-order valence-electron chi connectivity index (χ3n) is 2.50. The minimum absolute atomic E-state index is 0.105. The molecule has 1 aromatic rings. The Morgan fingerprint density at radius 3 is 3.00 bits per heavy atom. The van der Waals surface area contributed by atoms with Gasteiger partial charge in [-0.05, 0) is 17.7 Å². The van der Waals surface area contributed by atoms with Gasteiger partial charge in [-0.3, -0.25) is 0 Å². The molecule has 0 aliphatic carbocycles. The van der Waals surface area contributed by atoms with Crippen LogP contribution in [0, 0.1) is 0 Å². The van der Waals surface area contributed by atoms with Gasteiger partial charge in [-0.2, -0.15) is 0 Å². The van der Waals surface area contributed by atoms with Crippen molar-refractivity contribution in [3.8, 4) is 0 Å². The molecule has 1 aromatic carbocycles. The molecule has 1 fully saturated rings. The van der Waals surface area contributed by atoms with Crippen molar-refractivity contribution < 1.29 is 9.53 Å². The third-order valence-corrected chi connectivity index (χ3v) is 3.00. The Labute approximate surface area is 97.2 Å². The molecule has 0 aromatic heterocycles. The number of benzene rings is 1. The molecule has 0 saturated carbocycles. The molecule has 1 aliphatic heterocycles. The van der Waals surface area contributed by atoms with Gasteiger partial charge in [-0.25, -0.2) is 4.79 Å². The Morgan fingerprint density at radius 1 is 1.53 bits per heavy atom. The molecule has 15 heavy (non-hydrogen) atoms. The van der Waals surface area contributed by atoms with Crippen LogP contribution >= 0.6 is 15.9 Å². The van der Waals surface area contributed by atoms with Gasteiger partial charge in [0, 0.05) is 24.5 Å². The van der Waals surface area contributed by atoms with Gasteiger partial charge in [0.1, 0.15) is 6.10 Å². The molecule has 1 amide bonds. The third kappa shape index (κ3) is 2.31. The fraction of sp³-hybridized carbons (Fsp3) is 0.364. The average molecular weight is 270 g/mol. The van der Waals surface area contributed by atoms with E-state index in [0.29, 0.717) is 0 Å². The van der Waals surface area contributed by atoms with E-state index in [1.165, 1.54) is 0 Å². The summed E-state index contributed by atoms with van der Waals surface area (Å²) in [6, 6.07) is 7.88. The van der Waals surface area contributed by atoms with Crippen LogP contribution in [0.15, 0.2) is 28.7 Å². The van der Waals surface area contributed by atoms with Crippen LogP contribution in [0.3, 0.4) is 0 Å². The van der Waals surface area contributed by atoms with E-state index in [4.69, 9.17) is 4.74 Å². The number of carbonyl (C=O) groups excluding carboxylic acids is 1. The smallest absolute Gasteiger partial charge is 0.410 e. The van der Waals surface area contributed by atoms with Crippen molar-refractivity contribution in [2.24, 2.45) is 0 Å². The minimum Gasteiger partial charge on any atom is -0.441 e. The van der Waals surface area contributed by atoms with Crippen LogP contribution < -0.4 is 0 Å². The molecule has 2 rings (SSSR count). The van der Waals surface area contributed by atoms with Crippen LogP contribution in [0.5, 0.6) is 0 Å². The van der Waals surface area contributed by atoms with Gasteiger partial charge < -0.3 is 9.64 Å². The predicted molar refractivity (Wildman–Crippen MR) is 60.6 cm³/mol. The molecular weight excluding hydrogens is 258 g/mol. The maximum atomic E-state index is 11.4. The van der Waals surface area contributed by atoms with Crippen LogP contribution in [0.25, 0.3) is 0 Å². The van der Waals surface area contributed by atoms with Gasteiger partial charge in [0.15, 0.2) is 0 Å². The van der Waals surface area contributed by atoms with E-state index >= 15 is 0 Å². The summed E-state index contributed by atoms with van der Waals surface area (Å²) < 4.78 is 6.32. The number of nitrogens with zero attached hydrogens (tertiary/aromatic N) is 1. The molecule has 80 valence electrons. The molecule has 1 atom stereocenters. The van der Waals surface area contributed by atoms with Gasteiger partial charge in [0.05, 0.1) is 0 Å². The summed E-state index contributed by atoms with van der Waals surface area (Å²) in [6.45, 7) is 0.746. The fourth-order valence-corrected chi connectivity index (χ4v) is 2.03. The topological polar surface area (TPSA) is 29.5 Å². The SMILES string of the molecule is CN1CCC(c2cccc(Br)c2)OC1=O. The highest BCUT2D eigenvalue weighted by molar-refractivity contribution is 9.10. The van der Waals surface area contributed by atoms with Crippen LogP contribution in [0.4, 0.5) is 4.79 Å². The number of ether oxygens (including phenoxy) is 1. The zero-order valence-corrected chi connectivity index (χ0v) is 10.0. The highest BCUT2D eigenvalue weighted by Gasteiger charge is 2.25. The number of amides is 1. The van der Waals surface area contributed by atoms with Crippen molar-refractivity contribution in [3.05, 3.63) is 34.3 Å². The number of cyclic esters (lactones) is 1. The summed E-state index contributed by atoms with van der Waals surface area (Å²) in [4.78, 5) is 12.9. The van der Waals surface area contributed by atoms with Crippen LogP contribution in [-0.2, 0) is 4.74 Å². The molecule has 1 heterocycles. The summed E-state index contributed by atoms with van der Waals surface area (Å²) in [6.07, 6.45) is 0.496. The number of rotatable bonds is 1. The zero-order chi connectivity index (χ0) is 10.8. The maximum absolute atomic E-state index is 11.4. The van der Waals surface area contributed by atoms with Crippen LogP contribution in [0.2, 0.25) is 0 Å². The van der Waals surface area contributed by atoms with Gasteiger partial charge in [0.25, 0.3) is 0 Å². The Morgan fingerprint density at radius 2 is 2.33 bits per heavy atom. The molecule has 3 nitrogen and oxygen atoms in total. The second kappa shape index (κ2) is 4.23. The molecule has 4 heteroatoms. The first-order valence-corrected chi connectivity index (χ1v) is 5.63. The molecule has 0 spiro atoms. The van der Waals surface area contributed by atoms with Gasteiger partial charge in [0.2, 0.25) is 0 Å². The zero-order valence-electron chi connectivity index (χ0n) is 8.44. The van der Waals surface area contributed by atoms with E-state index in [-0.39, 0.29) is 12.2 Å². The lowest BCUT2D eigenvalue weighted by molar-refractivity contribution is 0.0324. The molecule has 1 saturated heterocycles. The van der Waals surface area contributed by atoms with E-state index in [1.54, 1.807) is 11.9 Å². The van der Waals surface area contributed by atoms with E-state index in [0.717, 1.165) is 23.0 Å². The lowest BCUT2D eigenvalue weighted by Gasteiger charge is -2.29. The first kappa shape index (κ1) is 10.5. The number of carbonyl (C=O) groups is 1. The van der Waals surface area contributed by atoms with Crippen LogP contribution in [0.1, 0.15) is 18.1 Å². The minimum atomic E-state index is -0.244. The van der Waals surface area contributed by atoms with Crippen LogP contribution in [-0.4, -0.2) is 24.6 Å². The summed E-state index contributed by atoms with van der Waals surface area (Å²) in [5.41, 5.74) is 1.05. The largest absolute Gasteiger partial charge is 0.441 e. The Hall–Kier alpha value is -1.03. The lowest BCUT2D eigenvalue weighted by Crippen LogP contribution is -2.35. The van der Waals surface area contributed by atoms with Crippen molar-refractivity contribution in [3.63, 3.8) is 0 Å². The Kier molecular flexibility index (Phi) is 2.95. The summed E-state index contributed by atoms with van der Waals surface area (Å²) in [5.74, 6) is 0. The highest BCUT2D eigenvalue weighted by Crippen LogP contribution is 2.27. The van der Waals surface area contributed by atoms with Crippen molar-refractivity contribution in [1.29, 1.82) is 0 Å². The molecule has 1 unspecified atom stereocenters. The first-order valence-electron chi connectivity index (χ1n) is 4.84. The predicted octanol–water partition coefficient (Wildman–Crippen LogP) is 2.96. The van der Waals surface area contributed by atoms with Gasteiger partial charge >= 0.3 is 6.09 Å². The fourth-order valence-electron chi connectivity index (χ4n) is 1.61. The normalized spacial score (nSPS) is 21.3.